The van der Waals surface area contributed by atoms with Gasteiger partial charge in [-0.05, 0) is 37.8 Å². The Bertz CT molecular complexity index is 1140. The summed E-state index contributed by atoms with van der Waals surface area (Å²) in [4.78, 5) is 28.0. The molecule has 0 atom stereocenters. The first-order valence-corrected chi connectivity index (χ1v) is 10.8. The van der Waals surface area contributed by atoms with Crippen molar-refractivity contribution in [3.8, 4) is 0 Å². The molecule has 1 aliphatic rings. The van der Waals surface area contributed by atoms with E-state index in [2.05, 4.69) is 12.1 Å². The fraction of sp³-hybridized carbons (Fsp3) is 0.455. The van der Waals surface area contributed by atoms with Crippen LogP contribution in [0.3, 0.4) is 0 Å². The highest BCUT2D eigenvalue weighted by atomic mass is 32.1. The Morgan fingerprint density at radius 3 is 2.62 bits per heavy atom. The Labute approximate surface area is 173 Å². The maximum absolute atomic E-state index is 13.1. The summed E-state index contributed by atoms with van der Waals surface area (Å²) in [5, 5.41) is 10.0. The van der Waals surface area contributed by atoms with Crippen molar-refractivity contribution < 1.29 is 9.84 Å². The highest BCUT2D eigenvalue weighted by Crippen LogP contribution is 2.37. The predicted octanol–water partition coefficient (Wildman–Crippen LogP) is 2.70. The first-order valence-electron chi connectivity index (χ1n) is 9.98. The Balaban J connectivity index is 1.79. The minimum Gasteiger partial charge on any atom is -0.395 e. The van der Waals surface area contributed by atoms with Gasteiger partial charge in [0.05, 0.1) is 30.7 Å². The molecule has 0 fully saturated rings. The highest BCUT2D eigenvalue weighted by Gasteiger charge is 2.31. The molecule has 0 amide bonds. The van der Waals surface area contributed by atoms with E-state index in [0.29, 0.717) is 25.0 Å². The minimum atomic E-state index is -0.344. The van der Waals surface area contributed by atoms with Crippen molar-refractivity contribution >= 4 is 21.6 Å². The average Bonchev–Trinajstić information content (AvgIpc) is 3.06. The van der Waals surface area contributed by atoms with Crippen LogP contribution < -0.4 is 11.2 Å². The maximum Gasteiger partial charge on any atom is 0.332 e. The van der Waals surface area contributed by atoms with Crippen molar-refractivity contribution in [2.24, 2.45) is 0 Å². The Morgan fingerprint density at radius 2 is 1.90 bits per heavy atom. The van der Waals surface area contributed by atoms with Crippen LogP contribution in [0.15, 0.2) is 39.9 Å². The minimum absolute atomic E-state index is 0.0107. The number of rotatable bonds is 6. The summed E-state index contributed by atoms with van der Waals surface area (Å²) in [5.41, 5.74) is 1.23. The molecular weight excluding hydrogens is 388 g/mol. The van der Waals surface area contributed by atoms with Crippen molar-refractivity contribution in [3.63, 3.8) is 0 Å². The number of aliphatic hydroxyl groups is 1. The van der Waals surface area contributed by atoms with Gasteiger partial charge in [0, 0.05) is 17.8 Å². The highest BCUT2D eigenvalue weighted by molar-refractivity contribution is 7.18. The third-order valence-electron chi connectivity index (χ3n) is 5.45. The van der Waals surface area contributed by atoms with Crippen LogP contribution in [0.25, 0.3) is 10.2 Å². The first-order chi connectivity index (χ1) is 13.9. The number of fused-ring (bicyclic) bond motifs is 3. The second kappa shape index (κ2) is 7.89. The van der Waals surface area contributed by atoms with E-state index in [1.807, 2.05) is 32.0 Å². The predicted molar refractivity (Wildman–Crippen MR) is 115 cm³/mol. The largest absolute Gasteiger partial charge is 0.395 e. The molecule has 4 rings (SSSR count). The summed E-state index contributed by atoms with van der Waals surface area (Å²) in [6.07, 6.45) is 2.29. The molecule has 29 heavy (non-hydrogen) atoms. The van der Waals surface area contributed by atoms with Gasteiger partial charge < -0.3 is 9.84 Å². The van der Waals surface area contributed by atoms with E-state index >= 15 is 0 Å². The SMILES string of the molecule is CC1(C)Cc2c(sc3c2c(=O)n(CCO)c(=O)n3CCCc2ccccc2)CO1. The summed E-state index contributed by atoms with van der Waals surface area (Å²) in [5.74, 6) is 0. The third-order valence-corrected chi connectivity index (χ3v) is 6.68. The third kappa shape index (κ3) is 3.82. The van der Waals surface area contributed by atoms with Gasteiger partial charge in [0.2, 0.25) is 0 Å². The zero-order chi connectivity index (χ0) is 20.6. The molecule has 0 radical (unpaired) electrons. The molecule has 7 heteroatoms. The van der Waals surface area contributed by atoms with Crippen molar-refractivity contribution in [1.29, 1.82) is 0 Å². The maximum atomic E-state index is 13.1. The lowest BCUT2D eigenvalue weighted by Gasteiger charge is -2.29. The van der Waals surface area contributed by atoms with E-state index in [4.69, 9.17) is 4.74 Å². The summed E-state index contributed by atoms with van der Waals surface area (Å²) < 4.78 is 8.82. The van der Waals surface area contributed by atoms with Crippen molar-refractivity contribution in [2.75, 3.05) is 6.61 Å². The first kappa shape index (κ1) is 20.1. The van der Waals surface area contributed by atoms with E-state index in [0.717, 1.165) is 28.1 Å². The van der Waals surface area contributed by atoms with E-state index < -0.39 is 0 Å². The molecule has 2 aromatic heterocycles. The molecule has 6 nitrogen and oxygen atoms in total. The molecule has 0 unspecified atom stereocenters. The summed E-state index contributed by atoms with van der Waals surface area (Å²) >= 11 is 1.49. The van der Waals surface area contributed by atoms with Crippen molar-refractivity contribution in [1.82, 2.24) is 9.13 Å². The average molecular weight is 415 g/mol. The van der Waals surface area contributed by atoms with Crippen LogP contribution in [0.1, 0.15) is 36.3 Å². The molecule has 0 bridgehead atoms. The number of thiophene rings is 1. The van der Waals surface area contributed by atoms with Crippen LogP contribution in [0.5, 0.6) is 0 Å². The molecule has 1 aliphatic heterocycles. The second-order valence-electron chi connectivity index (χ2n) is 8.11. The standard InChI is InChI=1S/C22H26N2O4S/c1-22(2)13-16-17(14-28-22)29-20-18(16)19(26)23(11-12-25)21(27)24(20)10-6-9-15-7-4-3-5-8-15/h3-5,7-8,25H,6,9-14H2,1-2H3. The fourth-order valence-corrected chi connectivity index (χ4v) is 5.23. The van der Waals surface area contributed by atoms with Gasteiger partial charge in [-0.15, -0.1) is 11.3 Å². The van der Waals surface area contributed by atoms with Crippen LogP contribution in [-0.2, 0) is 37.3 Å². The monoisotopic (exact) mass is 414 g/mol. The molecule has 154 valence electrons. The van der Waals surface area contributed by atoms with Gasteiger partial charge in [-0.1, -0.05) is 30.3 Å². The summed E-state index contributed by atoms with van der Waals surface area (Å²) in [6, 6.07) is 10.2. The number of aliphatic hydroxyl groups excluding tert-OH is 1. The molecule has 0 spiro atoms. The quantitative estimate of drug-likeness (QED) is 0.673. The Morgan fingerprint density at radius 1 is 1.14 bits per heavy atom. The normalized spacial score (nSPS) is 15.6. The zero-order valence-corrected chi connectivity index (χ0v) is 17.6. The van der Waals surface area contributed by atoms with E-state index in [-0.39, 0.29) is 30.0 Å². The molecule has 3 heterocycles. The van der Waals surface area contributed by atoms with Crippen LogP contribution in [0.4, 0.5) is 0 Å². The molecule has 0 saturated heterocycles. The van der Waals surface area contributed by atoms with Gasteiger partial charge in [-0.2, -0.15) is 0 Å². The molecule has 0 saturated carbocycles. The number of aryl methyl sites for hydroxylation is 2. The lowest BCUT2D eigenvalue weighted by Crippen LogP contribution is -2.41. The Hall–Kier alpha value is -2.22. The van der Waals surface area contributed by atoms with Crippen molar-refractivity contribution in [2.45, 2.75) is 58.4 Å². The Kier molecular flexibility index (Phi) is 5.46. The number of ether oxygens (including phenoxy) is 1. The van der Waals surface area contributed by atoms with E-state index in [9.17, 15) is 14.7 Å². The number of nitrogens with zero attached hydrogens (tertiary/aromatic N) is 2. The summed E-state index contributed by atoms with van der Waals surface area (Å²) in [7, 11) is 0. The zero-order valence-electron chi connectivity index (χ0n) is 16.8. The van der Waals surface area contributed by atoms with E-state index in [1.54, 1.807) is 4.57 Å². The van der Waals surface area contributed by atoms with Crippen LogP contribution >= 0.6 is 11.3 Å². The lowest BCUT2D eigenvalue weighted by molar-refractivity contribution is -0.0379. The molecule has 1 N–H and O–H groups in total. The molecule has 1 aromatic carbocycles. The number of benzene rings is 1. The van der Waals surface area contributed by atoms with Crippen LogP contribution in [-0.4, -0.2) is 26.4 Å². The fourth-order valence-electron chi connectivity index (χ4n) is 3.98. The van der Waals surface area contributed by atoms with Crippen LogP contribution in [0.2, 0.25) is 0 Å². The van der Waals surface area contributed by atoms with Crippen LogP contribution in [0, 0.1) is 0 Å². The van der Waals surface area contributed by atoms with Gasteiger partial charge in [0.1, 0.15) is 4.83 Å². The number of aromatic nitrogens is 2. The molecule has 3 aromatic rings. The van der Waals surface area contributed by atoms with Gasteiger partial charge in [0.25, 0.3) is 5.56 Å². The second-order valence-corrected chi connectivity index (χ2v) is 9.20. The smallest absolute Gasteiger partial charge is 0.332 e. The van der Waals surface area contributed by atoms with Gasteiger partial charge in [-0.3, -0.25) is 13.9 Å². The lowest BCUT2D eigenvalue weighted by atomic mass is 9.94. The van der Waals surface area contributed by atoms with Gasteiger partial charge >= 0.3 is 5.69 Å². The summed E-state index contributed by atoms with van der Waals surface area (Å²) in [6.45, 7) is 4.78. The number of hydrogen-bond acceptors (Lipinski definition) is 5. The topological polar surface area (TPSA) is 73.5 Å². The molecular formula is C22H26N2O4S. The van der Waals surface area contributed by atoms with Gasteiger partial charge in [-0.25, -0.2) is 4.79 Å². The van der Waals surface area contributed by atoms with Gasteiger partial charge in [0.15, 0.2) is 0 Å². The number of hydrogen-bond donors (Lipinski definition) is 1. The van der Waals surface area contributed by atoms with E-state index in [1.165, 1.54) is 21.5 Å². The molecule has 0 aliphatic carbocycles. The van der Waals surface area contributed by atoms with Crippen molar-refractivity contribution in [3.05, 3.63) is 67.2 Å².